The Morgan fingerprint density at radius 3 is 2.92 bits per heavy atom. The van der Waals surface area contributed by atoms with E-state index in [0.717, 1.165) is 32.1 Å². The van der Waals surface area contributed by atoms with Crippen LogP contribution in [0.3, 0.4) is 0 Å². The van der Waals surface area contributed by atoms with Crippen molar-refractivity contribution in [3.63, 3.8) is 0 Å². The van der Waals surface area contributed by atoms with Crippen molar-refractivity contribution in [3.8, 4) is 12.3 Å². The molecule has 5 rings (SSSR count). The first-order valence-corrected chi connectivity index (χ1v) is 9.36. The van der Waals surface area contributed by atoms with E-state index in [0.29, 0.717) is 17.8 Å². The fraction of sp³-hybridized carbons (Fsp3) is 0.545. The number of aryl methyl sites for hydroxylation is 1. The Morgan fingerprint density at radius 2 is 2.08 bits per heavy atom. The minimum absolute atomic E-state index is 0.0986. The Kier molecular flexibility index (Phi) is 2.84. The lowest BCUT2D eigenvalue weighted by molar-refractivity contribution is -0.0646. The minimum Gasteiger partial charge on any atom is -0.377 e. The third-order valence-corrected chi connectivity index (χ3v) is 7.84. The largest absolute Gasteiger partial charge is 0.377 e. The summed E-state index contributed by atoms with van der Waals surface area (Å²) in [7, 11) is 0. The highest BCUT2D eigenvalue weighted by Gasteiger charge is 2.61. The summed E-state index contributed by atoms with van der Waals surface area (Å²) in [6, 6.07) is 6.83. The highest BCUT2D eigenvalue weighted by atomic mass is 16.3. The van der Waals surface area contributed by atoms with Crippen LogP contribution in [-0.4, -0.2) is 15.7 Å². The fourth-order valence-corrected chi connectivity index (χ4v) is 6.48. The van der Waals surface area contributed by atoms with Crippen LogP contribution < -0.4 is 0 Å². The van der Waals surface area contributed by atoms with Crippen molar-refractivity contribution in [1.82, 2.24) is 4.98 Å². The monoisotopic (exact) mass is 319 g/mol. The van der Waals surface area contributed by atoms with E-state index in [4.69, 9.17) is 6.42 Å². The van der Waals surface area contributed by atoms with Gasteiger partial charge in [-0.2, -0.15) is 0 Å². The third kappa shape index (κ3) is 1.62. The summed E-state index contributed by atoms with van der Waals surface area (Å²) in [6.45, 7) is 2.26. The molecule has 0 spiro atoms. The second kappa shape index (κ2) is 4.67. The van der Waals surface area contributed by atoms with E-state index in [1.165, 1.54) is 17.3 Å². The Labute approximate surface area is 143 Å². The zero-order valence-electron chi connectivity index (χ0n) is 14.3. The molecule has 0 amide bonds. The molecule has 0 radical (unpaired) electrons. The molecule has 2 aromatic rings. The quantitative estimate of drug-likeness (QED) is 0.694. The van der Waals surface area contributed by atoms with Crippen LogP contribution in [0.4, 0.5) is 0 Å². The summed E-state index contributed by atoms with van der Waals surface area (Å²) in [4.78, 5) is 3.35. The molecule has 24 heavy (non-hydrogen) atoms. The molecule has 2 nitrogen and oxygen atoms in total. The number of aliphatic hydroxyl groups is 1. The van der Waals surface area contributed by atoms with Crippen molar-refractivity contribution in [3.05, 3.63) is 35.5 Å². The Morgan fingerprint density at radius 1 is 1.21 bits per heavy atom. The van der Waals surface area contributed by atoms with E-state index >= 15 is 0 Å². The van der Waals surface area contributed by atoms with Gasteiger partial charge >= 0.3 is 0 Å². The van der Waals surface area contributed by atoms with Gasteiger partial charge < -0.3 is 10.1 Å². The Bertz CT molecular complexity index is 858. The molecule has 1 aromatic heterocycles. The molecule has 0 aliphatic heterocycles. The van der Waals surface area contributed by atoms with Crippen molar-refractivity contribution < 1.29 is 5.11 Å². The van der Waals surface area contributed by atoms with E-state index in [-0.39, 0.29) is 5.41 Å². The summed E-state index contributed by atoms with van der Waals surface area (Å²) >= 11 is 0. The molecular formula is C22H25NO. The number of nitrogens with one attached hydrogen (secondary N) is 1. The Balaban J connectivity index is 1.58. The topological polar surface area (TPSA) is 36.0 Å². The van der Waals surface area contributed by atoms with Gasteiger partial charge in [-0.15, -0.1) is 6.42 Å². The van der Waals surface area contributed by atoms with Gasteiger partial charge in [0, 0.05) is 22.5 Å². The summed E-state index contributed by atoms with van der Waals surface area (Å²) in [5.41, 5.74) is 3.39. The number of hydrogen-bond acceptors (Lipinski definition) is 1. The summed E-state index contributed by atoms with van der Waals surface area (Å²) in [6.07, 6.45) is 14.3. The van der Waals surface area contributed by atoms with Gasteiger partial charge in [0.2, 0.25) is 0 Å². The van der Waals surface area contributed by atoms with Crippen LogP contribution in [0.2, 0.25) is 0 Å². The van der Waals surface area contributed by atoms with Crippen LogP contribution >= 0.6 is 0 Å². The van der Waals surface area contributed by atoms with Crippen molar-refractivity contribution >= 4 is 10.9 Å². The number of terminal acetylenes is 1. The smallest absolute Gasteiger partial charge is 0.130 e. The van der Waals surface area contributed by atoms with Gasteiger partial charge in [0.05, 0.1) is 0 Å². The summed E-state index contributed by atoms with van der Waals surface area (Å²) in [5, 5.41) is 12.4. The molecule has 3 unspecified atom stereocenters. The van der Waals surface area contributed by atoms with Gasteiger partial charge in [-0.1, -0.05) is 18.9 Å². The molecule has 1 aromatic carbocycles. The average molecular weight is 319 g/mol. The van der Waals surface area contributed by atoms with Crippen LogP contribution in [-0.2, 0) is 6.42 Å². The van der Waals surface area contributed by atoms with E-state index in [2.05, 4.69) is 42.2 Å². The zero-order chi connectivity index (χ0) is 16.5. The van der Waals surface area contributed by atoms with Crippen molar-refractivity contribution in [2.45, 2.75) is 57.0 Å². The molecular weight excluding hydrogens is 294 g/mol. The number of benzene rings is 1. The highest BCUT2D eigenvalue weighted by molar-refractivity contribution is 5.84. The number of aromatic nitrogens is 1. The third-order valence-electron chi connectivity index (χ3n) is 7.84. The summed E-state index contributed by atoms with van der Waals surface area (Å²) in [5.74, 6) is 4.65. The van der Waals surface area contributed by atoms with Crippen LogP contribution in [0, 0.1) is 29.6 Å². The average Bonchev–Trinajstić information content (AvgIpc) is 3.18. The van der Waals surface area contributed by atoms with Crippen molar-refractivity contribution in [2.24, 2.45) is 17.3 Å². The van der Waals surface area contributed by atoms with Crippen molar-refractivity contribution in [1.29, 1.82) is 0 Å². The molecule has 3 aliphatic rings. The maximum absolute atomic E-state index is 11.0. The van der Waals surface area contributed by atoms with E-state index in [9.17, 15) is 5.11 Å². The molecule has 1 heterocycles. The maximum Gasteiger partial charge on any atom is 0.130 e. The predicted molar refractivity (Wildman–Crippen MR) is 96.7 cm³/mol. The van der Waals surface area contributed by atoms with E-state index < -0.39 is 5.60 Å². The van der Waals surface area contributed by atoms with Crippen LogP contribution in [0.5, 0.6) is 0 Å². The standard InChI is InChI=1S/C22H25NO/c1-3-22(24)12-9-19-17-5-4-15-14(16(17)8-11-21(19,22)2)6-7-20-18(15)10-13-23-20/h1,6-7,10,13,16-17,19,23-24H,4-5,8-9,11-12H2,2H3/t16?,17?,19?,21-,22-/m0/s1. The SMILES string of the molecule is C#C[C@]1(O)CCC2C3CCc4c(ccc5[nH]ccc45)C3CC[C@@]21C. The second-order valence-corrected chi connectivity index (χ2v) is 8.49. The molecule has 2 heteroatoms. The van der Waals surface area contributed by atoms with E-state index in [1.54, 1.807) is 11.1 Å². The first-order valence-electron chi connectivity index (χ1n) is 9.36. The van der Waals surface area contributed by atoms with Gasteiger partial charge in [-0.3, -0.25) is 0 Å². The van der Waals surface area contributed by atoms with Crippen LogP contribution in [0.15, 0.2) is 24.4 Å². The fourth-order valence-electron chi connectivity index (χ4n) is 6.48. The first-order chi connectivity index (χ1) is 11.6. The first kappa shape index (κ1) is 14.6. The maximum atomic E-state index is 11.0. The van der Waals surface area contributed by atoms with E-state index in [1.807, 2.05) is 0 Å². The zero-order valence-corrected chi connectivity index (χ0v) is 14.3. The normalized spacial score (nSPS) is 40.6. The number of hydrogen-bond donors (Lipinski definition) is 2. The molecule has 2 N–H and O–H groups in total. The highest BCUT2D eigenvalue weighted by Crippen LogP contribution is 2.64. The molecule has 2 fully saturated rings. The number of H-pyrrole nitrogens is 1. The molecule has 2 saturated carbocycles. The van der Waals surface area contributed by atoms with Gasteiger partial charge in [-0.25, -0.2) is 0 Å². The lowest BCUT2D eigenvalue weighted by Crippen LogP contribution is -2.50. The molecule has 5 atom stereocenters. The number of fused-ring (bicyclic) bond motifs is 7. The summed E-state index contributed by atoms with van der Waals surface area (Å²) < 4.78 is 0. The number of aromatic amines is 1. The molecule has 124 valence electrons. The predicted octanol–water partition coefficient (Wildman–Crippen LogP) is 4.39. The second-order valence-electron chi connectivity index (χ2n) is 8.49. The van der Waals surface area contributed by atoms with Crippen molar-refractivity contribution in [2.75, 3.05) is 0 Å². The van der Waals surface area contributed by atoms with Crippen LogP contribution in [0.1, 0.15) is 56.1 Å². The van der Waals surface area contributed by atoms with Crippen LogP contribution in [0.25, 0.3) is 10.9 Å². The molecule has 3 aliphatic carbocycles. The van der Waals surface area contributed by atoms with Gasteiger partial charge in [-0.05, 0) is 79.5 Å². The molecule has 0 bridgehead atoms. The van der Waals surface area contributed by atoms with Gasteiger partial charge in [0.1, 0.15) is 5.60 Å². The minimum atomic E-state index is -0.895. The Hall–Kier alpha value is -1.72. The van der Waals surface area contributed by atoms with Gasteiger partial charge in [0.25, 0.3) is 0 Å². The number of rotatable bonds is 0. The molecule has 0 saturated heterocycles. The lowest BCUT2D eigenvalue weighted by Gasteiger charge is -2.52. The lowest BCUT2D eigenvalue weighted by atomic mass is 9.53. The van der Waals surface area contributed by atoms with Gasteiger partial charge in [0.15, 0.2) is 0 Å².